The second kappa shape index (κ2) is 6.09. The molecule has 70 valence electrons. The Morgan fingerprint density at radius 1 is 1.67 bits per heavy atom. The molecule has 1 amide bonds. The average Bonchev–Trinajstić information content (AvgIpc) is 1.99. The molecule has 0 bridgehead atoms. The van der Waals surface area contributed by atoms with Gasteiger partial charge in [-0.3, -0.25) is 9.69 Å². The third-order valence-corrected chi connectivity index (χ3v) is 3.56. The van der Waals surface area contributed by atoms with E-state index >= 15 is 0 Å². The number of nitrogens with zero attached hydrogens (tertiary/aromatic N) is 1. The highest BCUT2D eigenvalue weighted by Gasteiger charge is 2.28. The van der Waals surface area contributed by atoms with Gasteiger partial charge >= 0.3 is 7.80 Å². The highest BCUT2D eigenvalue weighted by atomic mass is 31.1. The number of amides is 1. The van der Waals surface area contributed by atoms with Crippen LogP contribution in [0.15, 0.2) is 0 Å². The fraction of sp³-hybridized carbons (Fsp3) is 0.857. The molecule has 2 atom stereocenters. The van der Waals surface area contributed by atoms with Crippen molar-refractivity contribution in [2.45, 2.75) is 13.0 Å². The van der Waals surface area contributed by atoms with E-state index in [4.69, 9.17) is 4.79 Å². The molecule has 1 aliphatic rings. The van der Waals surface area contributed by atoms with Gasteiger partial charge in [-0.1, -0.05) is 4.57 Å². The standard InChI is InChI=1S/C6H13NOP.CH3NO/c1-6-5-9(8)4-3-7(6)2;2-1-3/h6H,3-5H2,1-2H3;1H,(H2,2,3)/q+1;. The molecular formula is C7H16N2O2P+. The van der Waals surface area contributed by atoms with Crippen molar-refractivity contribution in [1.29, 1.82) is 0 Å². The third-order valence-electron chi connectivity index (χ3n) is 1.92. The number of hydrogen-bond donors (Lipinski definition) is 1. The van der Waals surface area contributed by atoms with E-state index in [2.05, 4.69) is 24.6 Å². The SMILES string of the molecule is CC1C[P+](=O)CCN1C.NC=O. The molecule has 1 saturated heterocycles. The maximum atomic E-state index is 10.9. The third kappa shape index (κ3) is 4.42. The van der Waals surface area contributed by atoms with Gasteiger partial charge in [-0.15, -0.1) is 0 Å². The molecule has 2 N–H and O–H groups in total. The van der Waals surface area contributed by atoms with E-state index in [1.165, 1.54) is 0 Å². The van der Waals surface area contributed by atoms with Crippen molar-refractivity contribution < 1.29 is 9.36 Å². The second-order valence-electron chi connectivity index (χ2n) is 2.85. The normalized spacial score (nSPS) is 27.2. The van der Waals surface area contributed by atoms with Crippen molar-refractivity contribution >= 4 is 14.2 Å². The molecular weight excluding hydrogens is 175 g/mol. The summed E-state index contributed by atoms with van der Waals surface area (Å²) in [5.74, 6) is 0. The van der Waals surface area contributed by atoms with Crippen molar-refractivity contribution in [1.82, 2.24) is 4.90 Å². The smallest absolute Gasteiger partial charge is 0.341 e. The quantitative estimate of drug-likeness (QED) is 0.441. The Bertz CT molecular complexity index is 163. The number of rotatable bonds is 0. The second-order valence-corrected chi connectivity index (χ2v) is 4.63. The van der Waals surface area contributed by atoms with Crippen LogP contribution in [0.2, 0.25) is 0 Å². The van der Waals surface area contributed by atoms with Crippen molar-refractivity contribution in [3.8, 4) is 0 Å². The van der Waals surface area contributed by atoms with Gasteiger partial charge in [-0.25, -0.2) is 0 Å². The zero-order chi connectivity index (χ0) is 9.56. The largest absolute Gasteiger partial charge is 0.372 e. The Morgan fingerprint density at radius 3 is 2.50 bits per heavy atom. The summed E-state index contributed by atoms with van der Waals surface area (Å²) in [4.78, 5) is 10.8. The van der Waals surface area contributed by atoms with Crippen LogP contribution in [0.5, 0.6) is 0 Å². The first-order valence-electron chi connectivity index (χ1n) is 3.89. The van der Waals surface area contributed by atoms with Crippen LogP contribution in [0.4, 0.5) is 0 Å². The van der Waals surface area contributed by atoms with Gasteiger partial charge in [0.25, 0.3) is 0 Å². The predicted octanol–water partition coefficient (Wildman–Crippen LogP) is 0.249. The Kier molecular flexibility index (Phi) is 5.85. The van der Waals surface area contributed by atoms with Crippen LogP contribution in [-0.4, -0.2) is 43.3 Å². The van der Waals surface area contributed by atoms with E-state index in [1.807, 2.05) is 0 Å². The maximum Gasteiger partial charge on any atom is 0.341 e. The molecule has 5 heteroatoms. The number of primary amides is 1. The zero-order valence-electron chi connectivity index (χ0n) is 7.56. The van der Waals surface area contributed by atoms with Crippen LogP contribution >= 0.6 is 7.80 Å². The van der Waals surface area contributed by atoms with Crippen molar-refractivity contribution in [3.05, 3.63) is 0 Å². The predicted molar refractivity (Wildman–Crippen MR) is 49.7 cm³/mol. The molecule has 2 unspecified atom stereocenters. The summed E-state index contributed by atoms with van der Waals surface area (Å²) in [6, 6.07) is 0.530. The molecule has 12 heavy (non-hydrogen) atoms. The van der Waals surface area contributed by atoms with Gasteiger partial charge in [0, 0.05) is 6.54 Å². The zero-order valence-corrected chi connectivity index (χ0v) is 8.46. The summed E-state index contributed by atoms with van der Waals surface area (Å²) in [7, 11) is 1.24. The van der Waals surface area contributed by atoms with Crippen molar-refractivity contribution in [2.24, 2.45) is 5.73 Å². The van der Waals surface area contributed by atoms with E-state index in [-0.39, 0.29) is 6.41 Å². The summed E-state index contributed by atoms with van der Waals surface area (Å²) in [5, 5.41) is 0. The minimum absolute atomic E-state index is 0.250. The molecule has 4 nitrogen and oxygen atoms in total. The van der Waals surface area contributed by atoms with Gasteiger partial charge in [0.2, 0.25) is 6.41 Å². The molecule has 1 fully saturated rings. The first-order chi connectivity index (χ1) is 5.61. The topological polar surface area (TPSA) is 63.4 Å². The summed E-state index contributed by atoms with van der Waals surface area (Å²) in [6.45, 7) is 3.14. The van der Waals surface area contributed by atoms with E-state index in [9.17, 15) is 4.57 Å². The van der Waals surface area contributed by atoms with Crippen LogP contribution < -0.4 is 5.73 Å². The van der Waals surface area contributed by atoms with Crippen LogP contribution in [0, 0.1) is 0 Å². The average molecular weight is 191 g/mol. The lowest BCUT2D eigenvalue weighted by Crippen LogP contribution is -2.36. The molecule has 0 aliphatic carbocycles. The van der Waals surface area contributed by atoms with Gasteiger partial charge in [0.1, 0.15) is 0 Å². The summed E-state index contributed by atoms with van der Waals surface area (Å²) >= 11 is 0. The molecule has 1 rings (SSSR count). The monoisotopic (exact) mass is 191 g/mol. The van der Waals surface area contributed by atoms with Gasteiger partial charge < -0.3 is 5.73 Å². The number of carbonyl (C=O) groups is 1. The highest BCUT2D eigenvalue weighted by molar-refractivity contribution is 7.44. The summed E-state index contributed by atoms with van der Waals surface area (Å²) in [6.07, 6.45) is 2.04. The van der Waals surface area contributed by atoms with E-state index in [0.29, 0.717) is 6.04 Å². The van der Waals surface area contributed by atoms with Crippen LogP contribution in [0.25, 0.3) is 0 Å². The Hall–Kier alpha value is -0.470. The van der Waals surface area contributed by atoms with E-state index in [0.717, 1.165) is 18.9 Å². The lowest BCUT2D eigenvalue weighted by Gasteiger charge is -2.22. The summed E-state index contributed by atoms with van der Waals surface area (Å²) in [5.41, 5.74) is 4.17. The van der Waals surface area contributed by atoms with Crippen LogP contribution in [0.3, 0.4) is 0 Å². The lowest BCUT2D eigenvalue weighted by molar-refractivity contribution is -0.106. The number of hydrogen-bond acceptors (Lipinski definition) is 3. The Labute approximate surface area is 73.9 Å². The molecule has 0 saturated carbocycles. The van der Waals surface area contributed by atoms with Crippen LogP contribution in [0.1, 0.15) is 6.92 Å². The molecule has 0 aromatic rings. The molecule has 1 heterocycles. The van der Waals surface area contributed by atoms with Crippen LogP contribution in [-0.2, 0) is 9.36 Å². The van der Waals surface area contributed by atoms with E-state index < -0.39 is 7.80 Å². The van der Waals surface area contributed by atoms with Crippen molar-refractivity contribution in [3.63, 3.8) is 0 Å². The van der Waals surface area contributed by atoms with Gasteiger partial charge in [-0.05, 0) is 14.0 Å². The molecule has 1 aliphatic heterocycles. The molecule has 0 radical (unpaired) electrons. The molecule has 0 aromatic carbocycles. The first kappa shape index (κ1) is 11.5. The fourth-order valence-electron chi connectivity index (χ4n) is 1.02. The maximum absolute atomic E-state index is 10.9. The summed E-state index contributed by atoms with van der Waals surface area (Å²) < 4.78 is 10.9. The number of nitrogens with two attached hydrogens (primary N) is 1. The molecule has 0 spiro atoms. The fourth-order valence-corrected chi connectivity index (χ4v) is 2.60. The minimum atomic E-state index is -0.849. The Morgan fingerprint density at radius 2 is 2.17 bits per heavy atom. The number of carbonyl (C=O) groups excluding carboxylic acids is 1. The Balaban J connectivity index is 0.000000354. The lowest BCUT2D eigenvalue weighted by atomic mass is 10.3. The van der Waals surface area contributed by atoms with E-state index in [1.54, 1.807) is 0 Å². The first-order valence-corrected chi connectivity index (χ1v) is 5.52. The minimum Gasteiger partial charge on any atom is -0.372 e. The van der Waals surface area contributed by atoms with Gasteiger partial charge in [0.05, 0.1) is 6.04 Å². The molecule has 0 aromatic heterocycles. The van der Waals surface area contributed by atoms with Crippen molar-refractivity contribution in [2.75, 3.05) is 25.9 Å². The van der Waals surface area contributed by atoms with Gasteiger partial charge in [0.15, 0.2) is 12.3 Å². The van der Waals surface area contributed by atoms with Gasteiger partial charge in [-0.2, -0.15) is 0 Å². The highest BCUT2D eigenvalue weighted by Crippen LogP contribution is 2.26.